The summed E-state index contributed by atoms with van der Waals surface area (Å²) >= 11 is 3.39. The third-order valence-electron chi connectivity index (χ3n) is 3.10. The largest absolute Gasteiger partial charge is 0.327 e. The van der Waals surface area contributed by atoms with Gasteiger partial charge in [0, 0.05) is 35.0 Å². The molecule has 106 valence electrons. The van der Waals surface area contributed by atoms with Gasteiger partial charge in [-0.2, -0.15) is 0 Å². The van der Waals surface area contributed by atoms with Crippen molar-refractivity contribution >= 4 is 15.9 Å². The van der Waals surface area contributed by atoms with Crippen LogP contribution >= 0.6 is 15.9 Å². The summed E-state index contributed by atoms with van der Waals surface area (Å²) in [5.74, 6) is -0.678. The normalized spacial score (nSPS) is 10.8. The standard InChI is InChI=1S/C16H11BrF2N2/c17-13-3-1-11(2-4-13)10-21-6-5-20-16(21)12-7-14(18)9-15(19)8-12/h1-9H,10H2. The predicted octanol–water partition coefficient (Wildman–Crippen LogP) is 4.64. The van der Waals surface area contributed by atoms with Crippen molar-refractivity contribution in [2.75, 3.05) is 0 Å². The van der Waals surface area contributed by atoms with Gasteiger partial charge in [-0.25, -0.2) is 13.8 Å². The fourth-order valence-corrected chi connectivity index (χ4v) is 2.43. The summed E-state index contributed by atoms with van der Waals surface area (Å²) in [6, 6.07) is 11.3. The molecule has 0 atom stereocenters. The van der Waals surface area contributed by atoms with Crippen LogP contribution in [-0.4, -0.2) is 9.55 Å². The molecule has 5 heteroatoms. The van der Waals surface area contributed by atoms with E-state index in [1.54, 1.807) is 12.4 Å². The number of halogens is 3. The molecule has 0 amide bonds. The van der Waals surface area contributed by atoms with Crippen molar-refractivity contribution < 1.29 is 8.78 Å². The van der Waals surface area contributed by atoms with Gasteiger partial charge in [0.2, 0.25) is 0 Å². The van der Waals surface area contributed by atoms with E-state index in [0.29, 0.717) is 17.9 Å². The van der Waals surface area contributed by atoms with Crippen LogP contribution in [-0.2, 0) is 6.54 Å². The Bertz CT molecular complexity index is 746. The molecule has 0 N–H and O–H groups in total. The molecular formula is C16H11BrF2N2. The quantitative estimate of drug-likeness (QED) is 0.674. The monoisotopic (exact) mass is 348 g/mol. The Hall–Kier alpha value is -2.01. The molecule has 21 heavy (non-hydrogen) atoms. The first-order valence-electron chi connectivity index (χ1n) is 6.34. The first kappa shape index (κ1) is 13.9. The minimum atomic E-state index is -0.608. The second kappa shape index (κ2) is 5.77. The lowest BCUT2D eigenvalue weighted by atomic mass is 10.2. The SMILES string of the molecule is Fc1cc(F)cc(-c2nccn2Cc2ccc(Br)cc2)c1. The highest BCUT2D eigenvalue weighted by molar-refractivity contribution is 9.10. The second-order valence-electron chi connectivity index (χ2n) is 4.66. The smallest absolute Gasteiger partial charge is 0.140 e. The van der Waals surface area contributed by atoms with E-state index in [4.69, 9.17) is 0 Å². The molecule has 0 unspecified atom stereocenters. The van der Waals surface area contributed by atoms with E-state index in [0.717, 1.165) is 16.1 Å². The fraction of sp³-hybridized carbons (Fsp3) is 0.0625. The number of hydrogen-bond acceptors (Lipinski definition) is 1. The Kier molecular flexibility index (Phi) is 3.84. The Balaban J connectivity index is 1.95. The third kappa shape index (κ3) is 3.19. The molecule has 0 aliphatic rings. The van der Waals surface area contributed by atoms with Gasteiger partial charge in [0.1, 0.15) is 17.5 Å². The highest BCUT2D eigenvalue weighted by atomic mass is 79.9. The Labute approximate surface area is 129 Å². The molecule has 0 aliphatic carbocycles. The highest BCUT2D eigenvalue weighted by Crippen LogP contribution is 2.21. The number of hydrogen-bond donors (Lipinski definition) is 0. The van der Waals surface area contributed by atoms with E-state index < -0.39 is 11.6 Å². The molecule has 0 bridgehead atoms. The van der Waals surface area contributed by atoms with E-state index in [-0.39, 0.29) is 0 Å². The summed E-state index contributed by atoms with van der Waals surface area (Å²) in [5, 5.41) is 0. The van der Waals surface area contributed by atoms with Crippen LogP contribution in [0.4, 0.5) is 8.78 Å². The van der Waals surface area contributed by atoms with Crippen LogP contribution < -0.4 is 0 Å². The molecule has 3 rings (SSSR count). The maximum atomic E-state index is 13.3. The van der Waals surface area contributed by atoms with Gasteiger partial charge in [0.15, 0.2) is 0 Å². The van der Waals surface area contributed by atoms with E-state index in [9.17, 15) is 8.78 Å². The molecule has 0 saturated heterocycles. The zero-order valence-electron chi connectivity index (χ0n) is 10.9. The molecule has 0 saturated carbocycles. The topological polar surface area (TPSA) is 17.8 Å². The lowest BCUT2D eigenvalue weighted by Gasteiger charge is -2.08. The van der Waals surface area contributed by atoms with E-state index in [1.165, 1.54) is 12.1 Å². The molecular weight excluding hydrogens is 338 g/mol. The average molecular weight is 349 g/mol. The summed E-state index contributed by atoms with van der Waals surface area (Å²) in [4.78, 5) is 4.20. The van der Waals surface area contributed by atoms with Crippen molar-refractivity contribution in [3.8, 4) is 11.4 Å². The van der Waals surface area contributed by atoms with Gasteiger partial charge in [-0.05, 0) is 29.8 Å². The van der Waals surface area contributed by atoms with Crippen molar-refractivity contribution in [3.05, 3.63) is 76.5 Å². The number of nitrogens with zero attached hydrogens (tertiary/aromatic N) is 2. The van der Waals surface area contributed by atoms with Crippen molar-refractivity contribution in [1.29, 1.82) is 0 Å². The van der Waals surface area contributed by atoms with Gasteiger partial charge in [-0.15, -0.1) is 0 Å². The lowest BCUT2D eigenvalue weighted by Crippen LogP contribution is -2.01. The van der Waals surface area contributed by atoms with Gasteiger partial charge in [-0.1, -0.05) is 28.1 Å². The first-order chi connectivity index (χ1) is 10.1. The molecule has 3 aromatic rings. The van der Waals surface area contributed by atoms with E-state index in [1.807, 2.05) is 28.8 Å². The summed E-state index contributed by atoms with van der Waals surface area (Å²) in [6.07, 6.45) is 3.41. The average Bonchev–Trinajstić information content (AvgIpc) is 2.88. The molecule has 1 heterocycles. The van der Waals surface area contributed by atoms with E-state index in [2.05, 4.69) is 20.9 Å². The maximum Gasteiger partial charge on any atom is 0.140 e. The minimum Gasteiger partial charge on any atom is -0.327 e. The number of aromatic nitrogens is 2. The van der Waals surface area contributed by atoms with Gasteiger partial charge in [0.25, 0.3) is 0 Å². The molecule has 0 aliphatic heterocycles. The van der Waals surface area contributed by atoms with Gasteiger partial charge < -0.3 is 4.57 Å². The number of rotatable bonds is 3. The molecule has 0 spiro atoms. The maximum absolute atomic E-state index is 13.3. The zero-order chi connectivity index (χ0) is 14.8. The van der Waals surface area contributed by atoms with Crippen LogP contribution in [0.1, 0.15) is 5.56 Å². The Morgan fingerprint density at radius 2 is 1.67 bits per heavy atom. The minimum absolute atomic E-state index is 0.426. The van der Waals surface area contributed by atoms with Crippen LogP contribution in [0.5, 0.6) is 0 Å². The zero-order valence-corrected chi connectivity index (χ0v) is 12.5. The van der Waals surface area contributed by atoms with Gasteiger partial charge in [0.05, 0.1) is 0 Å². The van der Waals surface area contributed by atoms with E-state index >= 15 is 0 Å². The van der Waals surface area contributed by atoms with Gasteiger partial charge in [-0.3, -0.25) is 0 Å². The summed E-state index contributed by atoms with van der Waals surface area (Å²) in [5.41, 5.74) is 1.50. The highest BCUT2D eigenvalue weighted by Gasteiger charge is 2.09. The van der Waals surface area contributed by atoms with Crippen molar-refractivity contribution in [3.63, 3.8) is 0 Å². The summed E-state index contributed by atoms with van der Waals surface area (Å²) in [7, 11) is 0. The lowest BCUT2D eigenvalue weighted by molar-refractivity contribution is 0.583. The van der Waals surface area contributed by atoms with Crippen molar-refractivity contribution in [1.82, 2.24) is 9.55 Å². The predicted molar refractivity (Wildman–Crippen MR) is 80.8 cm³/mol. The number of imidazole rings is 1. The van der Waals surface area contributed by atoms with Crippen LogP contribution in [0.3, 0.4) is 0 Å². The number of benzene rings is 2. The van der Waals surface area contributed by atoms with Crippen LogP contribution in [0.2, 0.25) is 0 Å². The van der Waals surface area contributed by atoms with Crippen molar-refractivity contribution in [2.24, 2.45) is 0 Å². The molecule has 1 aromatic heterocycles. The molecule has 2 aromatic carbocycles. The Morgan fingerprint density at radius 1 is 1.00 bits per heavy atom. The Morgan fingerprint density at radius 3 is 2.33 bits per heavy atom. The van der Waals surface area contributed by atoms with Crippen molar-refractivity contribution in [2.45, 2.75) is 6.54 Å². The molecule has 2 nitrogen and oxygen atoms in total. The fourth-order valence-electron chi connectivity index (χ4n) is 2.17. The van der Waals surface area contributed by atoms with Crippen LogP contribution in [0.25, 0.3) is 11.4 Å². The summed E-state index contributed by atoms with van der Waals surface area (Å²) < 4.78 is 29.5. The molecule has 0 radical (unpaired) electrons. The first-order valence-corrected chi connectivity index (χ1v) is 7.13. The summed E-state index contributed by atoms with van der Waals surface area (Å²) in [6.45, 7) is 0.584. The van der Waals surface area contributed by atoms with Gasteiger partial charge >= 0.3 is 0 Å². The van der Waals surface area contributed by atoms with Crippen LogP contribution in [0.15, 0.2) is 59.3 Å². The second-order valence-corrected chi connectivity index (χ2v) is 5.58. The third-order valence-corrected chi connectivity index (χ3v) is 3.63. The molecule has 0 fully saturated rings. The van der Waals surface area contributed by atoms with Crippen LogP contribution in [0, 0.1) is 11.6 Å².